The van der Waals surface area contributed by atoms with Crippen LogP contribution in [-0.2, 0) is 10.0 Å². The maximum absolute atomic E-state index is 12.6. The Kier molecular flexibility index (Phi) is 4.44. The van der Waals surface area contributed by atoms with E-state index in [9.17, 15) is 8.42 Å². The van der Waals surface area contributed by atoms with Crippen LogP contribution in [0, 0.1) is 0 Å². The molecule has 3 N–H and O–H groups in total. The minimum atomic E-state index is -3.63. The summed E-state index contributed by atoms with van der Waals surface area (Å²) in [5.41, 5.74) is 5.37. The molecule has 0 saturated heterocycles. The van der Waals surface area contributed by atoms with E-state index in [4.69, 9.17) is 10.9 Å². The summed E-state index contributed by atoms with van der Waals surface area (Å²) in [7, 11) is -2.15. The van der Waals surface area contributed by atoms with Gasteiger partial charge in [-0.2, -0.15) is 0 Å². The molecule has 2 rings (SSSR count). The minimum Gasteiger partial charge on any atom is -0.409 e. The molecular weight excluding hydrogens is 290 g/mol. The number of rotatable bonds is 5. The molecule has 112 valence electrons. The van der Waals surface area contributed by atoms with Crippen LogP contribution in [0.1, 0.15) is 6.42 Å². The Morgan fingerprint density at radius 3 is 2.62 bits per heavy atom. The van der Waals surface area contributed by atoms with Gasteiger partial charge in [0.1, 0.15) is 5.84 Å². The van der Waals surface area contributed by atoms with E-state index in [1.54, 1.807) is 24.3 Å². The zero-order valence-electron chi connectivity index (χ0n) is 11.6. The molecule has 2 aromatic carbocycles. The molecule has 7 heteroatoms. The van der Waals surface area contributed by atoms with Gasteiger partial charge in [-0.05, 0) is 11.5 Å². The average Bonchev–Trinajstić information content (AvgIpc) is 2.51. The van der Waals surface area contributed by atoms with Gasteiger partial charge in [0.15, 0.2) is 0 Å². The van der Waals surface area contributed by atoms with E-state index < -0.39 is 10.0 Å². The summed E-state index contributed by atoms with van der Waals surface area (Å²) in [5, 5.41) is 12.9. The fraction of sp³-hybridized carbons (Fsp3) is 0.214. The second-order valence-electron chi connectivity index (χ2n) is 4.65. The minimum absolute atomic E-state index is 0.00466. The van der Waals surface area contributed by atoms with Gasteiger partial charge in [0.2, 0.25) is 10.0 Å². The van der Waals surface area contributed by atoms with Crippen LogP contribution in [-0.4, -0.2) is 37.4 Å². The Morgan fingerprint density at radius 1 is 1.24 bits per heavy atom. The number of nitrogens with two attached hydrogens (primary N) is 1. The van der Waals surface area contributed by atoms with Crippen molar-refractivity contribution in [1.29, 1.82) is 0 Å². The summed E-state index contributed by atoms with van der Waals surface area (Å²) in [6.45, 7) is 0.140. The van der Waals surface area contributed by atoms with Crippen LogP contribution >= 0.6 is 0 Å². The van der Waals surface area contributed by atoms with Crippen molar-refractivity contribution in [1.82, 2.24) is 4.31 Å². The normalized spacial score (nSPS) is 13.0. The van der Waals surface area contributed by atoms with Gasteiger partial charge in [-0.25, -0.2) is 12.7 Å². The van der Waals surface area contributed by atoms with E-state index in [1.807, 2.05) is 18.2 Å². The highest BCUT2D eigenvalue weighted by Crippen LogP contribution is 2.25. The van der Waals surface area contributed by atoms with E-state index in [0.29, 0.717) is 5.39 Å². The summed E-state index contributed by atoms with van der Waals surface area (Å²) in [6, 6.07) is 12.5. The highest BCUT2D eigenvalue weighted by Gasteiger charge is 2.22. The molecule has 0 atom stereocenters. The number of hydrogen-bond donors (Lipinski definition) is 2. The van der Waals surface area contributed by atoms with E-state index in [2.05, 4.69) is 5.16 Å². The van der Waals surface area contributed by atoms with Gasteiger partial charge in [-0.3, -0.25) is 0 Å². The lowest BCUT2D eigenvalue weighted by atomic mass is 10.1. The van der Waals surface area contributed by atoms with Gasteiger partial charge < -0.3 is 10.9 Å². The molecule has 0 aromatic heterocycles. The van der Waals surface area contributed by atoms with Crippen molar-refractivity contribution in [3.8, 4) is 0 Å². The molecule has 0 radical (unpaired) electrons. The van der Waals surface area contributed by atoms with E-state index in [0.717, 1.165) is 5.39 Å². The van der Waals surface area contributed by atoms with E-state index in [-0.39, 0.29) is 23.7 Å². The lowest BCUT2D eigenvalue weighted by Gasteiger charge is -2.18. The molecule has 0 fully saturated rings. The maximum Gasteiger partial charge on any atom is 0.243 e. The quantitative estimate of drug-likeness (QED) is 0.379. The van der Waals surface area contributed by atoms with Gasteiger partial charge in [-0.15, -0.1) is 0 Å². The second-order valence-corrected chi connectivity index (χ2v) is 6.66. The predicted molar refractivity (Wildman–Crippen MR) is 81.8 cm³/mol. The molecular formula is C14H17N3O3S. The molecule has 0 aliphatic rings. The summed E-state index contributed by atoms with van der Waals surface area (Å²) < 4.78 is 26.5. The molecule has 2 aromatic rings. The fourth-order valence-electron chi connectivity index (χ4n) is 2.03. The van der Waals surface area contributed by atoms with Gasteiger partial charge >= 0.3 is 0 Å². The number of fused-ring (bicyclic) bond motifs is 1. The third-order valence-corrected chi connectivity index (χ3v) is 5.16. The first kappa shape index (κ1) is 15.3. The number of sulfonamides is 1. The van der Waals surface area contributed by atoms with Gasteiger partial charge in [0, 0.05) is 25.4 Å². The standard InChI is InChI=1S/C14H17N3O3S/c1-17(10-9-14(15)16-18)21(19,20)13-8-4-6-11-5-2-3-7-12(11)13/h2-8,18H,9-10H2,1H3,(H2,15,16). The summed E-state index contributed by atoms with van der Waals surface area (Å²) in [5.74, 6) is -0.00466. The van der Waals surface area contributed by atoms with Crippen molar-refractivity contribution in [2.24, 2.45) is 10.9 Å². The highest BCUT2D eigenvalue weighted by atomic mass is 32.2. The lowest BCUT2D eigenvalue weighted by molar-refractivity contribution is 0.316. The van der Waals surface area contributed by atoms with Crippen LogP contribution in [0.3, 0.4) is 0 Å². The van der Waals surface area contributed by atoms with Gasteiger partial charge in [0.25, 0.3) is 0 Å². The fourth-order valence-corrected chi connectivity index (χ4v) is 3.41. The van der Waals surface area contributed by atoms with Crippen molar-refractivity contribution in [2.75, 3.05) is 13.6 Å². The number of oxime groups is 1. The number of benzene rings is 2. The molecule has 6 nitrogen and oxygen atoms in total. The summed E-state index contributed by atoms with van der Waals surface area (Å²) in [4.78, 5) is 0.252. The number of hydrogen-bond acceptors (Lipinski definition) is 4. The topological polar surface area (TPSA) is 96.0 Å². The van der Waals surface area contributed by atoms with Crippen LogP contribution in [0.25, 0.3) is 10.8 Å². The lowest BCUT2D eigenvalue weighted by Crippen LogP contribution is -2.30. The second kappa shape index (κ2) is 6.11. The molecule has 0 aliphatic carbocycles. The molecule has 0 bridgehead atoms. The van der Waals surface area contributed by atoms with Crippen LogP contribution in [0.5, 0.6) is 0 Å². The van der Waals surface area contributed by atoms with Crippen molar-refractivity contribution in [3.63, 3.8) is 0 Å². The number of nitrogens with zero attached hydrogens (tertiary/aromatic N) is 2. The smallest absolute Gasteiger partial charge is 0.243 e. The Balaban J connectivity index is 2.38. The molecule has 0 aliphatic heterocycles. The van der Waals surface area contributed by atoms with Crippen LogP contribution < -0.4 is 5.73 Å². The monoisotopic (exact) mass is 307 g/mol. The zero-order chi connectivity index (χ0) is 15.5. The largest absolute Gasteiger partial charge is 0.409 e. The molecule has 0 unspecified atom stereocenters. The summed E-state index contributed by atoms with van der Waals surface area (Å²) >= 11 is 0. The summed E-state index contributed by atoms with van der Waals surface area (Å²) in [6.07, 6.45) is 0.164. The first-order valence-corrected chi connectivity index (χ1v) is 7.81. The molecule has 21 heavy (non-hydrogen) atoms. The molecule has 0 heterocycles. The van der Waals surface area contributed by atoms with Gasteiger partial charge in [-0.1, -0.05) is 41.6 Å². The predicted octanol–water partition coefficient (Wildman–Crippen LogP) is 1.60. The SMILES string of the molecule is CN(CC/C(N)=N/O)S(=O)(=O)c1cccc2ccccc12. The van der Waals surface area contributed by atoms with Crippen molar-refractivity contribution >= 4 is 26.6 Å². The van der Waals surface area contributed by atoms with E-state index in [1.165, 1.54) is 11.4 Å². The Hall–Kier alpha value is -2.12. The highest BCUT2D eigenvalue weighted by molar-refractivity contribution is 7.89. The molecule has 0 amide bonds. The Morgan fingerprint density at radius 2 is 1.90 bits per heavy atom. The van der Waals surface area contributed by atoms with Crippen molar-refractivity contribution in [2.45, 2.75) is 11.3 Å². The van der Waals surface area contributed by atoms with Gasteiger partial charge in [0.05, 0.1) is 4.90 Å². The molecule has 0 spiro atoms. The van der Waals surface area contributed by atoms with Crippen molar-refractivity contribution < 1.29 is 13.6 Å². The molecule has 0 saturated carbocycles. The van der Waals surface area contributed by atoms with Crippen molar-refractivity contribution in [3.05, 3.63) is 42.5 Å². The first-order valence-electron chi connectivity index (χ1n) is 6.37. The van der Waals surface area contributed by atoms with Crippen LogP contribution in [0.15, 0.2) is 52.5 Å². The van der Waals surface area contributed by atoms with Crippen LogP contribution in [0.2, 0.25) is 0 Å². The van der Waals surface area contributed by atoms with E-state index >= 15 is 0 Å². The maximum atomic E-state index is 12.6. The third-order valence-electron chi connectivity index (χ3n) is 3.25. The zero-order valence-corrected chi connectivity index (χ0v) is 12.4. The van der Waals surface area contributed by atoms with Crippen LogP contribution in [0.4, 0.5) is 0 Å². The average molecular weight is 307 g/mol. The third kappa shape index (κ3) is 3.14. The number of amidine groups is 1. The Bertz CT molecular complexity index is 767. The Labute approximate surface area is 123 Å². The first-order chi connectivity index (χ1) is 9.96.